The molecule has 2 aromatic carbocycles. The largest absolute Gasteiger partial charge is 0.493 e. The molecule has 0 fully saturated rings. The number of aromatic nitrogens is 1. The molecule has 0 aliphatic rings. The van der Waals surface area contributed by atoms with Gasteiger partial charge in [-0.15, -0.1) is 0 Å². The fourth-order valence-electron chi connectivity index (χ4n) is 2.81. The molecule has 166 valence electrons. The van der Waals surface area contributed by atoms with Gasteiger partial charge in [-0.25, -0.2) is 13.8 Å². The zero-order chi connectivity index (χ0) is 23.0. The molecular weight excluding hydrogens is 432 g/mol. The highest BCUT2D eigenvalue weighted by Crippen LogP contribution is 2.27. The maximum atomic E-state index is 13.1. The van der Waals surface area contributed by atoms with Crippen molar-refractivity contribution in [3.63, 3.8) is 0 Å². The average molecular weight is 455 g/mol. The molecule has 0 aliphatic heterocycles. The van der Waals surface area contributed by atoms with Crippen molar-refractivity contribution in [3.05, 3.63) is 78.6 Å². The van der Waals surface area contributed by atoms with Crippen molar-refractivity contribution < 1.29 is 22.7 Å². The van der Waals surface area contributed by atoms with E-state index in [4.69, 9.17) is 9.47 Å². The molecule has 1 amide bonds. The third-order valence-corrected chi connectivity index (χ3v) is 6.15. The van der Waals surface area contributed by atoms with Crippen molar-refractivity contribution in [1.82, 2.24) is 10.4 Å². The highest BCUT2D eigenvalue weighted by Gasteiger charge is 2.27. The number of carbonyl (C=O) groups is 1. The quantitative estimate of drug-likeness (QED) is 0.393. The normalized spacial score (nSPS) is 11.2. The van der Waals surface area contributed by atoms with Crippen LogP contribution in [-0.4, -0.2) is 46.3 Å². The van der Waals surface area contributed by atoms with Crippen LogP contribution in [0.4, 0.5) is 5.69 Å². The number of pyridine rings is 1. The van der Waals surface area contributed by atoms with Gasteiger partial charge in [-0.1, -0.05) is 18.2 Å². The molecule has 0 atom stereocenters. The van der Waals surface area contributed by atoms with Gasteiger partial charge in [-0.05, 0) is 48.0 Å². The lowest BCUT2D eigenvalue weighted by atomic mass is 10.2. The predicted octanol–water partition coefficient (Wildman–Crippen LogP) is 2.44. The number of hydrogen-bond acceptors (Lipinski definition) is 7. The van der Waals surface area contributed by atoms with E-state index in [2.05, 4.69) is 15.5 Å². The van der Waals surface area contributed by atoms with Gasteiger partial charge in [0, 0.05) is 6.20 Å². The Kier molecular flexibility index (Phi) is 7.40. The molecule has 0 bridgehead atoms. The number of amides is 1. The predicted molar refractivity (Wildman–Crippen MR) is 120 cm³/mol. The van der Waals surface area contributed by atoms with Crippen LogP contribution < -0.4 is 19.2 Å². The van der Waals surface area contributed by atoms with Crippen LogP contribution in [0.5, 0.6) is 11.5 Å². The van der Waals surface area contributed by atoms with Gasteiger partial charge in [-0.2, -0.15) is 5.10 Å². The highest BCUT2D eigenvalue weighted by atomic mass is 32.2. The summed E-state index contributed by atoms with van der Waals surface area (Å²) in [6.45, 7) is -0.480. The Morgan fingerprint density at radius 1 is 1.06 bits per heavy atom. The highest BCUT2D eigenvalue weighted by molar-refractivity contribution is 7.92. The number of methoxy groups -OCH3 is 2. The van der Waals surface area contributed by atoms with E-state index in [-0.39, 0.29) is 10.6 Å². The summed E-state index contributed by atoms with van der Waals surface area (Å²) in [4.78, 5) is 16.5. The Morgan fingerprint density at radius 3 is 2.47 bits per heavy atom. The van der Waals surface area contributed by atoms with Gasteiger partial charge in [0.1, 0.15) is 6.54 Å². The molecule has 0 radical (unpaired) electrons. The molecule has 3 aromatic rings. The summed E-state index contributed by atoms with van der Waals surface area (Å²) in [7, 11) is -0.947. The summed E-state index contributed by atoms with van der Waals surface area (Å²) in [5.41, 5.74) is 3.27. The molecule has 1 aromatic heterocycles. The minimum atomic E-state index is -3.99. The molecule has 9 nitrogen and oxygen atoms in total. The van der Waals surface area contributed by atoms with Gasteiger partial charge in [0.2, 0.25) is 0 Å². The number of hydrazone groups is 1. The van der Waals surface area contributed by atoms with E-state index >= 15 is 0 Å². The van der Waals surface area contributed by atoms with E-state index in [1.54, 1.807) is 48.5 Å². The first kappa shape index (κ1) is 22.8. The zero-order valence-corrected chi connectivity index (χ0v) is 18.3. The topological polar surface area (TPSA) is 110 Å². The maximum Gasteiger partial charge on any atom is 0.264 e. The number of sulfonamides is 1. The third kappa shape index (κ3) is 5.41. The molecule has 10 heteroatoms. The van der Waals surface area contributed by atoms with Crippen LogP contribution >= 0.6 is 0 Å². The number of anilines is 1. The minimum absolute atomic E-state index is 0.0606. The van der Waals surface area contributed by atoms with Gasteiger partial charge in [0.05, 0.1) is 37.2 Å². The van der Waals surface area contributed by atoms with E-state index < -0.39 is 22.5 Å². The van der Waals surface area contributed by atoms with Crippen LogP contribution in [0, 0.1) is 0 Å². The molecule has 0 saturated carbocycles. The number of carbonyl (C=O) groups excluding carboxylic acids is 1. The first-order chi connectivity index (χ1) is 15.5. The SMILES string of the molecule is COc1ccc(/C=N\NC(=O)CN(c2cccnc2)S(=O)(=O)c2ccccc2)cc1OC. The van der Waals surface area contributed by atoms with Crippen molar-refractivity contribution in [2.75, 3.05) is 25.1 Å². The Balaban J connectivity index is 1.77. The van der Waals surface area contributed by atoms with Gasteiger partial charge in [0.25, 0.3) is 15.9 Å². The van der Waals surface area contributed by atoms with Crippen molar-refractivity contribution in [3.8, 4) is 11.5 Å². The monoisotopic (exact) mass is 454 g/mol. The van der Waals surface area contributed by atoms with Crippen molar-refractivity contribution >= 4 is 27.8 Å². The average Bonchev–Trinajstić information content (AvgIpc) is 2.83. The number of benzene rings is 2. The summed E-state index contributed by atoms with van der Waals surface area (Å²) < 4.78 is 37.7. The second-order valence-corrected chi connectivity index (χ2v) is 8.31. The van der Waals surface area contributed by atoms with Crippen LogP contribution in [0.25, 0.3) is 0 Å². The minimum Gasteiger partial charge on any atom is -0.493 e. The van der Waals surface area contributed by atoms with Gasteiger partial charge < -0.3 is 9.47 Å². The second kappa shape index (κ2) is 10.4. The fourth-order valence-corrected chi connectivity index (χ4v) is 4.24. The van der Waals surface area contributed by atoms with Crippen LogP contribution in [-0.2, 0) is 14.8 Å². The third-order valence-electron chi connectivity index (χ3n) is 4.36. The standard InChI is InChI=1S/C22H22N4O5S/c1-30-20-11-10-17(13-21(20)31-2)14-24-25-22(27)16-26(18-7-6-12-23-15-18)32(28,29)19-8-4-3-5-9-19/h3-15H,16H2,1-2H3,(H,25,27)/b24-14-. The summed E-state index contributed by atoms with van der Waals surface area (Å²) in [5.74, 6) is 0.455. The number of hydrogen-bond donors (Lipinski definition) is 1. The first-order valence-corrected chi connectivity index (χ1v) is 10.9. The van der Waals surface area contributed by atoms with Gasteiger partial charge >= 0.3 is 0 Å². The van der Waals surface area contributed by atoms with Crippen LogP contribution in [0.3, 0.4) is 0 Å². The fraction of sp³-hybridized carbons (Fsp3) is 0.136. The van der Waals surface area contributed by atoms with Crippen molar-refractivity contribution in [2.45, 2.75) is 4.90 Å². The molecule has 1 heterocycles. The smallest absolute Gasteiger partial charge is 0.264 e. The van der Waals surface area contributed by atoms with Crippen molar-refractivity contribution in [2.24, 2.45) is 5.10 Å². The Morgan fingerprint density at radius 2 is 1.81 bits per heavy atom. The molecule has 3 rings (SSSR count). The molecule has 32 heavy (non-hydrogen) atoms. The van der Waals surface area contributed by atoms with Crippen LogP contribution in [0.1, 0.15) is 5.56 Å². The van der Waals surface area contributed by atoms with E-state index in [0.29, 0.717) is 17.1 Å². The molecule has 0 spiro atoms. The molecule has 0 saturated heterocycles. The Bertz CT molecular complexity index is 1190. The number of rotatable bonds is 9. The van der Waals surface area contributed by atoms with Gasteiger partial charge in [0.15, 0.2) is 11.5 Å². The number of ether oxygens (including phenoxy) is 2. The molecule has 0 aliphatic carbocycles. The van der Waals surface area contributed by atoms with E-state index in [0.717, 1.165) is 4.31 Å². The lowest BCUT2D eigenvalue weighted by Crippen LogP contribution is -2.39. The Labute approximate surface area is 186 Å². The molecule has 0 unspecified atom stereocenters. The summed E-state index contributed by atoms with van der Waals surface area (Å²) in [6, 6.07) is 16.2. The summed E-state index contributed by atoms with van der Waals surface area (Å²) >= 11 is 0. The van der Waals surface area contributed by atoms with Gasteiger partial charge in [-0.3, -0.25) is 14.1 Å². The molecule has 1 N–H and O–H groups in total. The van der Waals surface area contributed by atoms with Crippen LogP contribution in [0.15, 0.2) is 83.1 Å². The van der Waals surface area contributed by atoms with Crippen molar-refractivity contribution in [1.29, 1.82) is 0 Å². The van der Waals surface area contributed by atoms with E-state index in [9.17, 15) is 13.2 Å². The zero-order valence-electron chi connectivity index (χ0n) is 17.5. The summed E-state index contributed by atoms with van der Waals surface area (Å²) in [6.07, 6.45) is 4.31. The number of nitrogens with one attached hydrogen (secondary N) is 1. The lowest BCUT2D eigenvalue weighted by molar-refractivity contribution is -0.119. The van der Waals surface area contributed by atoms with Crippen LogP contribution in [0.2, 0.25) is 0 Å². The number of nitrogens with zero attached hydrogens (tertiary/aromatic N) is 3. The Hall–Kier alpha value is -3.92. The first-order valence-electron chi connectivity index (χ1n) is 9.47. The van der Waals surface area contributed by atoms with E-state index in [1.165, 1.54) is 45.0 Å². The van der Waals surface area contributed by atoms with E-state index in [1.807, 2.05) is 0 Å². The second-order valence-electron chi connectivity index (χ2n) is 6.44. The lowest BCUT2D eigenvalue weighted by Gasteiger charge is -2.23. The summed E-state index contributed by atoms with van der Waals surface area (Å²) in [5, 5.41) is 3.92. The molecular formula is C22H22N4O5S. The maximum absolute atomic E-state index is 13.1.